The number of hydrogen-bond donors (Lipinski definition) is 1. The lowest BCUT2D eigenvalue weighted by Crippen LogP contribution is -2.27. The van der Waals surface area contributed by atoms with Crippen molar-refractivity contribution in [3.05, 3.63) is 34.4 Å². The van der Waals surface area contributed by atoms with Gasteiger partial charge in [-0.3, -0.25) is 4.79 Å². The molecule has 0 spiro atoms. The second-order valence-electron chi connectivity index (χ2n) is 5.80. The van der Waals surface area contributed by atoms with E-state index in [1.54, 1.807) is 26.0 Å². The molecule has 0 aliphatic heterocycles. The highest BCUT2D eigenvalue weighted by atomic mass is 35.5. The van der Waals surface area contributed by atoms with Crippen LogP contribution in [0.4, 0.5) is 0 Å². The van der Waals surface area contributed by atoms with Gasteiger partial charge in [0.1, 0.15) is 6.04 Å². The minimum absolute atomic E-state index is 0.323. The number of nitrogens with zero attached hydrogens (tertiary/aromatic N) is 2. The van der Waals surface area contributed by atoms with Crippen LogP contribution in [-0.2, 0) is 0 Å². The Kier molecular flexibility index (Phi) is 7.26. The van der Waals surface area contributed by atoms with Gasteiger partial charge in [-0.15, -0.1) is 0 Å². The van der Waals surface area contributed by atoms with Gasteiger partial charge in [-0.1, -0.05) is 30.1 Å². The predicted octanol–water partition coefficient (Wildman–Crippen LogP) is 4.10. The molecule has 0 fully saturated rings. The van der Waals surface area contributed by atoms with Crippen LogP contribution in [0.3, 0.4) is 0 Å². The first-order valence-corrected chi connectivity index (χ1v) is 9.04. The Hall–Kier alpha value is -2.28. The van der Waals surface area contributed by atoms with Crippen LogP contribution in [0.1, 0.15) is 61.7 Å². The SMILES string of the molecule is CCCCOc1c(Cl)cc(C(=O)NC(C)c2nc(C)no2)cc1OCC. The van der Waals surface area contributed by atoms with Crippen LogP contribution < -0.4 is 14.8 Å². The lowest BCUT2D eigenvalue weighted by Gasteiger charge is -2.16. The number of carbonyl (C=O) groups excluding carboxylic acids is 1. The maximum Gasteiger partial charge on any atom is 0.252 e. The van der Waals surface area contributed by atoms with Gasteiger partial charge in [-0.25, -0.2) is 0 Å². The van der Waals surface area contributed by atoms with Crippen molar-refractivity contribution in [3.8, 4) is 11.5 Å². The van der Waals surface area contributed by atoms with E-state index in [9.17, 15) is 4.79 Å². The lowest BCUT2D eigenvalue weighted by atomic mass is 10.1. The Labute approximate surface area is 158 Å². The van der Waals surface area contributed by atoms with E-state index in [1.165, 1.54) is 0 Å². The molecule has 0 aliphatic carbocycles. The number of carbonyl (C=O) groups is 1. The number of aryl methyl sites for hydroxylation is 1. The van der Waals surface area contributed by atoms with Crippen LogP contribution in [0.15, 0.2) is 16.7 Å². The van der Waals surface area contributed by atoms with Crippen molar-refractivity contribution < 1.29 is 18.8 Å². The average Bonchev–Trinajstić information content (AvgIpc) is 3.04. The van der Waals surface area contributed by atoms with Crippen LogP contribution >= 0.6 is 11.6 Å². The highest BCUT2D eigenvalue weighted by molar-refractivity contribution is 6.32. The summed E-state index contributed by atoms with van der Waals surface area (Å²) < 4.78 is 16.4. The molecule has 1 atom stereocenters. The molecular formula is C18H24ClN3O4. The van der Waals surface area contributed by atoms with Gasteiger partial charge >= 0.3 is 0 Å². The number of nitrogens with one attached hydrogen (secondary N) is 1. The van der Waals surface area contributed by atoms with Crippen molar-refractivity contribution in [1.29, 1.82) is 0 Å². The third kappa shape index (κ3) is 5.11. The van der Waals surface area contributed by atoms with Crippen LogP contribution in [0, 0.1) is 6.92 Å². The molecule has 1 unspecified atom stereocenters. The lowest BCUT2D eigenvalue weighted by molar-refractivity contribution is 0.0932. The number of rotatable bonds is 9. The maximum atomic E-state index is 12.6. The van der Waals surface area contributed by atoms with Gasteiger partial charge in [-0.05, 0) is 39.3 Å². The molecule has 7 nitrogen and oxygen atoms in total. The van der Waals surface area contributed by atoms with E-state index < -0.39 is 6.04 Å². The monoisotopic (exact) mass is 381 g/mol. The minimum Gasteiger partial charge on any atom is -0.490 e. The van der Waals surface area contributed by atoms with Crippen molar-refractivity contribution in [3.63, 3.8) is 0 Å². The predicted molar refractivity (Wildman–Crippen MR) is 97.9 cm³/mol. The van der Waals surface area contributed by atoms with Crippen molar-refractivity contribution in [1.82, 2.24) is 15.5 Å². The van der Waals surface area contributed by atoms with Crippen LogP contribution in [0.25, 0.3) is 0 Å². The highest BCUT2D eigenvalue weighted by Gasteiger charge is 2.20. The summed E-state index contributed by atoms with van der Waals surface area (Å²) in [4.78, 5) is 16.7. The number of hydrogen-bond acceptors (Lipinski definition) is 6. The molecule has 26 heavy (non-hydrogen) atoms. The van der Waals surface area contributed by atoms with E-state index in [4.69, 9.17) is 25.6 Å². The first-order chi connectivity index (χ1) is 12.5. The minimum atomic E-state index is -0.432. The van der Waals surface area contributed by atoms with Crippen LogP contribution in [-0.4, -0.2) is 29.3 Å². The summed E-state index contributed by atoms with van der Waals surface area (Å²) in [7, 11) is 0. The largest absolute Gasteiger partial charge is 0.490 e. The maximum absolute atomic E-state index is 12.6. The topological polar surface area (TPSA) is 86.5 Å². The van der Waals surface area contributed by atoms with E-state index in [0.29, 0.717) is 47.0 Å². The van der Waals surface area contributed by atoms with E-state index in [-0.39, 0.29) is 5.91 Å². The van der Waals surface area contributed by atoms with Gasteiger partial charge in [0.05, 0.1) is 18.2 Å². The van der Waals surface area contributed by atoms with Gasteiger partial charge in [-0.2, -0.15) is 4.98 Å². The molecule has 1 heterocycles. The smallest absolute Gasteiger partial charge is 0.252 e. The molecule has 1 amide bonds. The number of amides is 1. The summed E-state index contributed by atoms with van der Waals surface area (Å²) >= 11 is 6.32. The summed E-state index contributed by atoms with van der Waals surface area (Å²) in [6, 6.07) is 2.75. The summed E-state index contributed by atoms with van der Waals surface area (Å²) in [5.41, 5.74) is 0.365. The quantitative estimate of drug-likeness (QED) is 0.658. The number of ether oxygens (including phenoxy) is 2. The fourth-order valence-corrected chi connectivity index (χ4v) is 2.52. The van der Waals surface area contributed by atoms with Crippen molar-refractivity contribution in [2.45, 2.75) is 46.6 Å². The third-order valence-corrected chi connectivity index (χ3v) is 3.86. The van der Waals surface area contributed by atoms with Crippen molar-refractivity contribution in [2.75, 3.05) is 13.2 Å². The molecule has 2 aromatic rings. The van der Waals surface area contributed by atoms with Gasteiger partial charge < -0.3 is 19.3 Å². The normalized spacial score (nSPS) is 11.9. The molecule has 0 saturated carbocycles. The second-order valence-corrected chi connectivity index (χ2v) is 6.20. The molecule has 1 N–H and O–H groups in total. The fraction of sp³-hybridized carbons (Fsp3) is 0.500. The van der Waals surface area contributed by atoms with Gasteiger partial charge in [0.2, 0.25) is 5.89 Å². The molecule has 0 radical (unpaired) electrons. The molecule has 0 saturated heterocycles. The first-order valence-electron chi connectivity index (χ1n) is 8.66. The van der Waals surface area contributed by atoms with Gasteiger partial charge in [0.15, 0.2) is 17.3 Å². The van der Waals surface area contributed by atoms with E-state index in [0.717, 1.165) is 12.8 Å². The molecule has 2 rings (SSSR count). The molecule has 1 aromatic carbocycles. The number of unbranched alkanes of at least 4 members (excludes halogenated alkanes) is 1. The Bertz CT molecular complexity index is 748. The van der Waals surface area contributed by atoms with E-state index in [1.807, 2.05) is 6.92 Å². The number of aromatic nitrogens is 2. The van der Waals surface area contributed by atoms with Crippen LogP contribution in [0.2, 0.25) is 5.02 Å². The Morgan fingerprint density at radius 3 is 2.73 bits per heavy atom. The average molecular weight is 382 g/mol. The summed E-state index contributed by atoms with van der Waals surface area (Å²) in [5.74, 6) is 1.43. The molecule has 0 bridgehead atoms. The van der Waals surface area contributed by atoms with Crippen LogP contribution in [0.5, 0.6) is 11.5 Å². The van der Waals surface area contributed by atoms with Gasteiger partial charge in [0.25, 0.3) is 5.91 Å². The van der Waals surface area contributed by atoms with E-state index >= 15 is 0 Å². The standard InChI is InChI=1S/C18H24ClN3O4/c1-5-7-8-25-16-14(19)9-13(10-15(16)24-6-2)17(23)20-11(3)18-21-12(4)22-26-18/h9-11H,5-8H2,1-4H3,(H,20,23). The zero-order valence-corrected chi connectivity index (χ0v) is 16.2. The van der Waals surface area contributed by atoms with E-state index in [2.05, 4.69) is 22.4 Å². The Morgan fingerprint density at radius 1 is 1.35 bits per heavy atom. The molecule has 8 heteroatoms. The fourth-order valence-electron chi connectivity index (χ4n) is 2.25. The zero-order valence-electron chi connectivity index (χ0n) is 15.5. The number of halogens is 1. The number of benzene rings is 1. The van der Waals surface area contributed by atoms with Crippen molar-refractivity contribution in [2.24, 2.45) is 0 Å². The zero-order chi connectivity index (χ0) is 19.1. The molecule has 142 valence electrons. The van der Waals surface area contributed by atoms with Crippen molar-refractivity contribution >= 4 is 17.5 Å². The third-order valence-electron chi connectivity index (χ3n) is 3.58. The molecule has 0 aliphatic rings. The summed E-state index contributed by atoms with van der Waals surface area (Å²) in [6.45, 7) is 8.38. The first kappa shape index (κ1) is 20.0. The Balaban J connectivity index is 2.18. The summed E-state index contributed by atoms with van der Waals surface area (Å²) in [5, 5.41) is 6.86. The Morgan fingerprint density at radius 2 is 2.12 bits per heavy atom. The summed E-state index contributed by atoms with van der Waals surface area (Å²) in [6.07, 6.45) is 1.92. The molecular weight excluding hydrogens is 358 g/mol. The second kappa shape index (κ2) is 9.43. The molecule has 1 aromatic heterocycles. The van der Waals surface area contributed by atoms with Gasteiger partial charge in [0, 0.05) is 5.56 Å². The highest BCUT2D eigenvalue weighted by Crippen LogP contribution is 2.37.